The first kappa shape index (κ1) is 15.6. The molecule has 2 heterocycles. The van der Waals surface area contributed by atoms with Crippen molar-refractivity contribution >= 4 is 5.91 Å². The third kappa shape index (κ3) is 3.33. The Hall–Kier alpha value is -2.89. The molecule has 4 rings (SSSR count). The number of nitrogens with zero attached hydrogens (tertiary/aromatic N) is 2. The predicted octanol–water partition coefficient (Wildman–Crippen LogP) is 3.10. The van der Waals surface area contributed by atoms with Gasteiger partial charge in [0.2, 0.25) is 5.89 Å². The lowest BCUT2D eigenvalue weighted by Gasteiger charge is -2.22. The van der Waals surface area contributed by atoms with Gasteiger partial charge in [-0.1, -0.05) is 29.4 Å². The number of hydrogen-bond donors (Lipinski definition) is 1. The summed E-state index contributed by atoms with van der Waals surface area (Å²) in [6, 6.07) is 11.8. The van der Waals surface area contributed by atoms with Gasteiger partial charge in [0.1, 0.15) is 0 Å². The van der Waals surface area contributed by atoms with E-state index in [1.165, 1.54) is 17.4 Å². The Balaban J connectivity index is 1.39. The number of furan rings is 1. The van der Waals surface area contributed by atoms with Gasteiger partial charge in [-0.25, -0.2) is 0 Å². The van der Waals surface area contributed by atoms with E-state index in [2.05, 4.69) is 39.7 Å². The Morgan fingerprint density at radius 2 is 2.16 bits per heavy atom. The molecule has 1 aliphatic rings. The van der Waals surface area contributed by atoms with Crippen LogP contribution in [0.3, 0.4) is 0 Å². The maximum atomic E-state index is 11.8. The summed E-state index contributed by atoms with van der Waals surface area (Å²) in [5.74, 6) is 1.52. The fourth-order valence-corrected chi connectivity index (χ4v) is 3.31. The van der Waals surface area contributed by atoms with Crippen LogP contribution in [0.1, 0.15) is 52.2 Å². The summed E-state index contributed by atoms with van der Waals surface area (Å²) in [6.07, 6.45) is 5.24. The molecule has 0 saturated heterocycles. The van der Waals surface area contributed by atoms with Gasteiger partial charge in [-0.3, -0.25) is 4.79 Å². The maximum Gasteiger partial charge on any atom is 0.286 e. The summed E-state index contributed by atoms with van der Waals surface area (Å²) in [5.41, 5.74) is 2.67. The normalized spacial score (nSPS) is 16.4. The van der Waals surface area contributed by atoms with E-state index in [-0.39, 0.29) is 11.8 Å². The minimum atomic E-state index is -0.244. The van der Waals surface area contributed by atoms with Crippen LogP contribution < -0.4 is 5.32 Å². The van der Waals surface area contributed by atoms with Gasteiger partial charge in [0.25, 0.3) is 5.91 Å². The Bertz CT molecular complexity index is 854. The van der Waals surface area contributed by atoms with Crippen LogP contribution in [0.2, 0.25) is 0 Å². The molecule has 25 heavy (non-hydrogen) atoms. The van der Waals surface area contributed by atoms with E-state index in [1.54, 1.807) is 12.1 Å². The fraction of sp³-hybridized carbons (Fsp3) is 0.316. The molecule has 3 aromatic rings. The van der Waals surface area contributed by atoms with Crippen LogP contribution in [0.25, 0.3) is 0 Å². The topological polar surface area (TPSA) is 81.2 Å². The minimum Gasteiger partial charge on any atom is -0.459 e. The second-order valence-electron chi connectivity index (χ2n) is 6.17. The van der Waals surface area contributed by atoms with Crippen molar-refractivity contribution in [2.75, 3.05) is 6.54 Å². The van der Waals surface area contributed by atoms with E-state index in [0.717, 1.165) is 25.1 Å². The Labute approximate surface area is 145 Å². The molecule has 1 amide bonds. The van der Waals surface area contributed by atoms with Gasteiger partial charge in [0.05, 0.1) is 6.26 Å². The largest absolute Gasteiger partial charge is 0.459 e. The number of carbonyl (C=O) groups excluding carboxylic acids is 1. The summed E-state index contributed by atoms with van der Waals surface area (Å²) in [6.45, 7) is 0.419. The zero-order valence-electron chi connectivity index (χ0n) is 13.8. The lowest BCUT2D eigenvalue weighted by atomic mass is 9.82. The standard InChI is InChI=1S/C19H19N3O3/c23-19(16-9-4-12-24-16)20-11-10-17-21-18(22-25-17)15-8-3-6-13-5-1-2-7-14(13)15/h1-2,4-5,7,9,12,15H,3,6,8,10-11H2,(H,20,23)/t15-/m0/s1. The van der Waals surface area contributed by atoms with Gasteiger partial charge in [-0.05, 0) is 42.5 Å². The molecule has 1 aliphatic carbocycles. The van der Waals surface area contributed by atoms with Crippen LogP contribution in [0.15, 0.2) is 51.6 Å². The highest BCUT2D eigenvalue weighted by atomic mass is 16.5. The summed E-state index contributed by atoms with van der Waals surface area (Å²) in [7, 11) is 0. The highest BCUT2D eigenvalue weighted by Gasteiger charge is 2.25. The number of aromatic nitrogens is 2. The lowest BCUT2D eigenvalue weighted by molar-refractivity contribution is 0.0925. The Morgan fingerprint density at radius 3 is 3.04 bits per heavy atom. The van der Waals surface area contributed by atoms with Gasteiger partial charge in [0, 0.05) is 18.9 Å². The number of aryl methyl sites for hydroxylation is 1. The predicted molar refractivity (Wildman–Crippen MR) is 90.3 cm³/mol. The van der Waals surface area contributed by atoms with Crippen LogP contribution in [-0.4, -0.2) is 22.6 Å². The molecule has 0 saturated carbocycles. The number of hydrogen-bond acceptors (Lipinski definition) is 5. The molecule has 0 radical (unpaired) electrons. The van der Waals surface area contributed by atoms with Crippen LogP contribution >= 0.6 is 0 Å². The molecule has 1 N–H and O–H groups in total. The number of benzene rings is 1. The molecule has 0 fully saturated rings. The summed E-state index contributed by atoms with van der Waals surface area (Å²) in [5, 5.41) is 6.95. The van der Waals surface area contributed by atoms with E-state index in [1.807, 2.05) is 0 Å². The van der Waals surface area contributed by atoms with Crippen LogP contribution in [0.5, 0.6) is 0 Å². The summed E-state index contributed by atoms with van der Waals surface area (Å²) in [4.78, 5) is 16.4. The van der Waals surface area contributed by atoms with E-state index in [0.29, 0.717) is 24.6 Å². The zero-order chi connectivity index (χ0) is 17.1. The minimum absolute atomic E-state index is 0.195. The van der Waals surface area contributed by atoms with E-state index >= 15 is 0 Å². The van der Waals surface area contributed by atoms with Gasteiger partial charge in [-0.15, -0.1) is 0 Å². The van der Waals surface area contributed by atoms with Gasteiger partial charge < -0.3 is 14.3 Å². The van der Waals surface area contributed by atoms with Crippen molar-refractivity contribution in [3.8, 4) is 0 Å². The highest BCUT2D eigenvalue weighted by Crippen LogP contribution is 2.35. The Kier molecular flexibility index (Phi) is 4.33. The highest BCUT2D eigenvalue weighted by molar-refractivity contribution is 5.91. The maximum absolute atomic E-state index is 11.8. The molecule has 6 nitrogen and oxygen atoms in total. The molecule has 1 atom stereocenters. The first-order valence-corrected chi connectivity index (χ1v) is 8.53. The lowest BCUT2D eigenvalue weighted by Crippen LogP contribution is -2.25. The number of carbonyl (C=O) groups is 1. The molecule has 0 bridgehead atoms. The monoisotopic (exact) mass is 337 g/mol. The van der Waals surface area contributed by atoms with Gasteiger partial charge in [0.15, 0.2) is 11.6 Å². The molecule has 0 spiro atoms. The third-order valence-electron chi connectivity index (χ3n) is 4.53. The van der Waals surface area contributed by atoms with Crippen LogP contribution in [-0.2, 0) is 12.8 Å². The zero-order valence-corrected chi connectivity index (χ0v) is 13.8. The van der Waals surface area contributed by atoms with Crippen LogP contribution in [0, 0.1) is 0 Å². The average molecular weight is 337 g/mol. The van der Waals surface area contributed by atoms with Crippen molar-refractivity contribution in [2.24, 2.45) is 0 Å². The van der Waals surface area contributed by atoms with Gasteiger partial charge in [-0.2, -0.15) is 4.98 Å². The number of fused-ring (bicyclic) bond motifs is 1. The molecule has 128 valence electrons. The average Bonchev–Trinajstić information content (AvgIpc) is 3.33. The SMILES string of the molecule is O=C(NCCc1nc([C@H]2CCCc3ccccc32)no1)c1ccco1. The quantitative estimate of drug-likeness (QED) is 0.774. The van der Waals surface area contributed by atoms with E-state index < -0.39 is 0 Å². The van der Waals surface area contributed by atoms with Crippen molar-refractivity contribution in [1.29, 1.82) is 0 Å². The number of nitrogens with one attached hydrogen (secondary N) is 1. The van der Waals surface area contributed by atoms with Crippen molar-refractivity contribution in [3.05, 3.63) is 71.3 Å². The smallest absolute Gasteiger partial charge is 0.286 e. The summed E-state index contributed by atoms with van der Waals surface area (Å²) < 4.78 is 10.4. The molecule has 2 aromatic heterocycles. The van der Waals surface area contributed by atoms with Crippen molar-refractivity contribution in [3.63, 3.8) is 0 Å². The second kappa shape index (κ2) is 6.93. The van der Waals surface area contributed by atoms with E-state index in [9.17, 15) is 4.79 Å². The van der Waals surface area contributed by atoms with Gasteiger partial charge >= 0.3 is 0 Å². The third-order valence-corrected chi connectivity index (χ3v) is 4.53. The van der Waals surface area contributed by atoms with E-state index in [4.69, 9.17) is 8.94 Å². The molecule has 0 unspecified atom stereocenters. The fourth-order valence-electron chi connectivity index (χ4n) is 3.31. The molecular formula is C19H19N3O3. The van der Waals surface area contributed by atoms with Crippen molar-refractivity contribution in [2.45, 2.75) is 31.6 Å². The second-order valence-corrected chi connectivity index (χ2v) is 6.17. The first-order chi connectivity index (χ1) is 12.3. The summed E-state index contributed by atoms with van der Waals surface area (Å²) >= 11 is 0. The Morgan fingerprint density at radius 1 is 1.24 bits per heavy atom. The molecule has 6 heteroatoms. The van der Waals surface area contributed by atoms with Crippen molar-refractivity contribution in [1.82, 2.24) is 15.5 Å². The number of rotatable bonds is 5. The molecule has 1 aromatic carbocycles. The van der Waals surface area contributed by atoms with Crippen LogP contribution in [0.4, 0.5) is 0 Å². The molecular weight excluding hydrogens is 318 g/mol. The number of amides is 1. The van der Waals surface area contributed by atoms with Crippen molar-refractivity contribution < 1.29 is 13.7 Å². The molecule has 0 aliphatic heterocycles. The first-order valence-electron chi connectivity index (χ1n) is 8.53.